The fourth-order valence-corrected chi connectivity index (χ4v) is 1.18. The average Bonchev–Trinajstić information content (AvgIpc) is 2.44. The molecule has 0 atom stereocenters. The molecule has 3 nitrogen and oxygen atoms in total. The molecule has 13 heavy (non-hydrogen) atoms. The molecule has 5 heteroatoms. The number of rotatable bonds is 0. The van der Waals surface area contributed by atoms with E-state index in [0.29, 0.717) is 5.56 Å². The van der Waals surface area contributed by atoms with Crippen molar-refractivity contribution in [3.05, 3.63) is 23.3 Å². The highest BCUT2D eigenvalue weighted by Crippen LogP contribution is 2.25. The number of halogens is 2. The van der Waals surface area contributed by atoms with E-state index in [1.807, 2.05) is 0 Å². The minimum atomic E-state index is -1.03. The Hall–Kier alpha value is -1.65. The first kappa shape index (κ1) is 7.97. The van der Waals surface area contributed by atoms with Crippen LogP contribution in [0.4, 0.5) is 14.8 Å². The van der Waals surface area contributed by atoms with Gasteiger partial charge in [0, 0.05) is 0 Å². The molecule has 2 aromatic rings. The SMILES string of the molecule is Cc1cc(F)c(F)c2nc(N)oc12. The van der Waals surface area contributed by atoms with Gasteiger partial charge in [0.1, 0.15) is 0 Å². The van der Waals surface area contributed by atoms with Gasteiger partial charge in [-0.05, 0) is 18.6 Å². The Bertz CT molecular complexity index is 478. The molecule has 1 aromatic heterocycles. The van der Waals surface area contributed by atoms with E-state index in [-0.39, 0.29) is 17.1 Å². The number of fused-ring (bicyclic) bond motifs is 1. The summed E-state index contributed by atoms with van der Waals surface area (Å²) in [5.41, 5.74) is 5.72. The molecule has 0 saturated heterocycles. The minimum Gasteiger partial charge on any atom is -0.423 e. The molecule has 0 aliphatic rings. The first-order chi connectivity index (χ1) is 6.09. The van der Waals surface area contributed by atoms with E-state index < -0.39 is 11.6 Å². The number of anilines is 1. The maximum atomic E-state index is 13.0. The van der Waals surface area contributed by atoms with Crippen LogP contribution in [0.5, 0.6) is 0 Å². The maximum absolute atomic E-state index is 13.0. The number of nitrogen functional groups attached to an aromatic ring is 1. The van der Waals surface area contributed by atoms with Crippen LogP contribution in [0.1, 0.15) is 5.56 Å². The fourth-order valence-electron chi connectivity index (χ4n) is 1.18. The van der Waals surface area contributed by atoms with E-state index in [2.05, 4.69) is 4.98 Å². The van der Waals surface area contributed by atoms with Crippen molar-refractivity contribution < 1.29 is 13.2 Å². The zero-order valence-electron chi connectivity index (χ0n) is 6.77. The first-order valence-corrected chi connectivity index (χ1v) is 3.60. The molecule has 1 heterocycles. The standard InChI is InChI=1S/C8H6F2N2O/c1-3-2-4(9)5(10)6-7(3)13-8(11)12-6/h2H,1H3,(H2,11,12). The first-order valence-electron chi connectivity index (χ1n) is 3.60. The number of nitrogens with two attached hydrogens (primary N) is 1. The largest absolute Gasteiger partial charge is 0.423 e. The van der Waals surface area contributed by atoms with Crippen LogP contribution >= 0.6 is 0 Å². The summed E-state index contributed by atoms with van der Waals surface area (Å²) in [6.07, 6.45) is 0. The van der Waals surface area contributed by atoms with Crippen LogP contribution in [0.15, 0.2) is 10.5 Å². The third kappa shape index (κ3) is 1.04. The minimum absolute atomic E-state index is 0.157. The van der Waals surface area contributed by atoms with Gasteiger partial charge in [0.2, 0.25) is 0 Å². The quantitative estimate of drug-likeness (QED) is 0.681. The molecule has 2 rings (SSSR count). The Labute approximate surface area is 72.2 Å². The van der Waals surface area contributed by atoms with E-state index in [1.165, 1.54) is 0 Å². The summed E-state index contributed by atoms with van der Waals surface area (Å²) in [6, 6.07) is 0.880. The van der Waals surface area contributed by atoms with Crippen molar-refractivity contribution >= 4 is 17.1 Å². The van der Waals surface area contributed by atoms with Gasteiger partial charge in [0.05, 0.1) is 0 Å². The molecular weight excluding hydrogens is 178 g/mol. The summed E-state index contributed by atoms with van der Waals surface area (Å²) in [5.74, 6) is -1.97. The zero-order chi connectivity index (χ0) is 9.59. The zero-order valence-corrected chi connectivity index (χ0v) is 6.77. The van der Waals surface area contributed by atoms with E-state index in [9.17, 15) is 8.78 Å². The molecule has 0 aliphatic carbocycles. The lowest BCUT2D eigenvalue weighted by Crippen LogP contribution is -1.88. The van der Waals surface area contributed by atoms with Gasteiger partial charge in [-0.1, -0.05) is 0 Å². The summed E-state index contributed by atoms with van der Waals surface area (Å²) in [4.78, 5) is 3.53. The summed E-state index contributed by atoms with van der Waals surface area (Å²) < 4.78 is 30.8. The number of hydrogen-bond donors (Lipinski definition) is 1. The van der Waals surface area contributed by atoms with E-state index in [0.717, 1.165) is 6.07 Å². The van der Waals surface area contributed by atoms with Crippen LogP contribution in [0, 0.1) is 18.6 Å². The fraction of sp³-hybridized carbons (Fsp3) is 0.125. The second kappa shape index (κ2) is 2.42. The summed E-state index contributed by atoms with van der Waals surface area (Å²) in [7, 11) is 0. The van der Waals surface area contributed by atoms with E-state index >= 15 is 0 Å². The Morgan fingerprint density at radius 3 is 2.85 bits per heavy atom. The molecule has 1 aromatic carbocycles. The third-order valence-electron chi connectivity index (χ3n) is 1.76. The monoisotopic (exact) mass is 184 g/mol. The van der Waals surface area contributed by atoms with Crippen LogP contribution in [-0.2, 0) is 0 Å². The smallest absolute Gasteiger partial charge is 0.293 e. The van der Waals surface area contributed by atoms with Crippen LogP contribution < -0.4 is 5.73 Å². The Morgan fingerprint density at radius 2 is 2.15 bits per heavy atom. The molecular formula is C8H6F2N2O. The van der Waals surface area contributed by atoms with Gasteiger partial charge < -0.3 is 10.2 Å². The number of aromatic nitrogens is 1. The molecule has 0 spiro atoms. The molecule has 0 fully saturated rings. The number of aryl methyl sites for hydroxylation is 1. The predicted molar refractivity (Wildman–Crippen MR) is 43.1 cm³/mol. The summed E-state index contributed by atoms with van der Waals surface area (Å²) in [5, 5.41) is 0. The lowest BCUT2D eigenvalue weighted by atomic mass is 10.2. The molecule has 0 radical (unpaired) electrons. The van der Waals surface area contributed by atoms with Gasteiger partial charge in [-0.25, -0.2) is 8.78 Å². The van der Waals surface area contributed by atoms with Crippen LogP contribution in [0.2, 0.25) is 0 Å². The van der Waals surface area contributed by atoms with Gasteiger partial charge in [-0.3, -0.25) is 0 Å². The van der Waals surface area contributed by atoms with Crippen molar-refractivity contribution in [2.45, 2.75) is 6.92 Å². The Morgan fingerprint density at radius 1 is 1.46 bits per heavy atom. The highest BCUT2D eigenvalue weighted by atomic mass is 19.2. The van der Waals surface area contributed by atoms with Crippen LogP contribution in [0.3, 0.4) is 0 Å². The van der Waals surface area contributed by atoms with Gasteiger partial charge in [-0.15, -0.1) is 0 Å². The van der Waals surface area contributed by atoms with Crippen molar-refractivity contribution in [1.82, 2.24) is 4.98 Å². The number of oxazole rings is 1. The van der Waals surface area contributed by atoms with Gasteiger partial charge in [0.25, 0.3) is 6.01 Å². The molecule has 0 unspecified atom stereocenters. The topological polar surface area (TPSA) is 52.0 Å². The van der Waals surface area contributed by atoms with Gasteiger partial charge in [-0.2, -0.15) is 4.98 Å². The highest BCUT2D eigenvalue weighted by molar-refractivity contribution is 5.78. The predicted octanol–water partition coefficient (Wildman–Crippen LogP) is 2.00. The molecule has 0 amide bonds. The molecule has 2 N–H and O–H groups in total. The van der Waals surface area contributed by atoms with E-state index in [1.54, 1.807) is 6.92 Å². The second-order valence-corrected chi connectivity index (χ2v) is 2.72. The van der Waals surface area contributed by atoms with Crippen LogP contribution in [0.25, 0.3) is 11.1 Å². The maximum Gasteiger partial charge on any atom is 0.293 e. The van der Waals surface area contributed by atoms with Crippen molar-refractivity contribution in [3.63, 3.8) is 0 Å². The van der Waals surface area contributed by atoms with Crippen molar-refractivity contribution in [3.8, 4) is 0 Å². The Kier molecular flexibility index (Phi) is 1.48. The van der Waals surface area contributed by atoms with Gasteiger partial charge >= 0.3 is 0 Å². The van der Waals surface area contributed by atoms with E-state index in [4.69, 9.17) is 10.2 Å². The number of benzene rings is 1. The summed E-state index contributed by atoms with van der Waals surface area (Å²) >= 11 is 0. The molecule has 68 valence electrons. The van der Waals surface area contributed by atoms with Gasteiger partial charge in [0.15, 0.2) is 22.7 Å². The van der Waals surface area contributed by atoms with Crippen molar-refractivity contribution in [1.29, 1.82) is 0 Å². The van der Waals surface area contributed by atoms with Crippen molar-refractivity contribution in [2.24, 2.45) is 0 Å². The second-order valence-electron chi connectivity index (χ2n) is 2.72. The lowest BCUT2D eigenvalue weighted by molar-refractivity contribution is 0.513. The number of hydrogen-bond acceptors (Lipinski definition) is 3. The van der Waals surface area contributed by atoms with Crippen LogP contribution in [-0.4, -0.2) is 4.98 Å². The Balaban J connectivity index is 2.95. The molecule has 0 aliphatic heterocycles. The average molecular weight is 184 g/mol. The highest BCUT2D eigenvalue weighted by Gasteiger charge is 2.15. The normalized spacial score (nSPS) is 11.0. The number of nitrogens with zero attached hydrogens (tertiary/aromatic N) is 1. The third-order valence-corrected chi connectivity index (χ3v) is 1.76. The van der Waals surface area contributed by atoms with Crippen molar-refractivity contribution in [2.75, 3.05) is 5.73 Å². The summed E-state index contributed by atoms with van der Waals surface area (Å²) in [6.45, 7) is 1.59. The lowest BCUT2D eigenvalue weighted by Gasteiger charge is -1.95. The molecule has 0 bridgehead atoms. The molecule has 0 saturated carbocycles.